The monoisotopic (exact) mass is 250 g/mol. The van der Waals surface area contributed by atoms with Gasteiger partial charge in [-0.15, -0.1) is 0 Å². The minimum Gasteiger partial charge on any atom is -0.454 e. The van der Waals surface area contributed by atoms with Crippen LogP contribution in [0.4, 0.5) is 5.69 Å². The first kappa shape index (κ1) is 12.7. The third-order valence-electron chi connectivity index (χ3n) is 2.93. The topological polar surface area (TPSA) is 64.8 Å². The van der Waals surface area contributed by atoms with Crippen molar-refractivity contribution in [2.24, 2.45) is 5.73 Å². The molecule has 0 aliphatic carbocycles. The van der Waals surface area contributed by atoms with Gasteiger partial charge in [-0.2, -0.15) is 0 Å². The molecular formula is C13H18N2O3. The number of nitrogens with zero attached hydrogens (tertiary/aromatic N) is 1. The minimum atomic E-state index is 0.0408. The Morgan fingerprint density at radius 1 is 1.44 bits per heavy atom. The number of carbonyl (C=O) groups excluding carboxylic acids is 1. The van der Waals surface area contributed by atoms with Gasteiger partial charge >= 0.3 is 0 Å². The van der Waals surface area contributed by atoms with Crippen molar-refractivity contribution >= 4 is 11.6 Å². The molecule has 1 aromatic carbocycles. The number of nitrogens with two attached hydrogens (primary N) is 1. The maximum atomic E-state index is 11.9. The number of rotatable bonds is 4. The van der Waals surface area contributed by atoms with E-state index in [1.54, 1.807) is 11.9 Å². The van der Waals surface area contributed by atoms with Crippen LogP contribution in [0.25, 0.3) is 0 Å². The number of fused-ring (bicyclic) bond motifs is 1. The molecule has 1 unspecified atom stereocenters. The molecule has 5 heteroatoms. The van der Waals surface area contributed by atoms with Crippen molar-refractivity contribution in [3.8, 4) is 11.5 Å². The Bertz CT molecular complexity index is 446. The molecule has 0 saturated carbocycles. The third kappa shape index (κ3) is 2.73. The van der Waals surface area contributed by atoms with E-state index in [1.807, 2.05) is 25.1 Å². The lowest BCUT2D eigenvalue weighted by atomic mass is 10.1. The molecule has 0 bridgehead atoms. The lowest BCUT2D eigenvalue weighted by Gasteiger charge is -2.18. The second-order valence-electron chi connectivity index (χ2n) is 4.51. The molecule has 0 aromatic heterocycles. The largest absolute Gasteiger partial charge is 0.454 e. The normalized spacial score (nSPS) is 14.4. The Balaban J connectivity index is 2.04. The van der Waals surface area contributed by atoms with E-state index in [2.05, 4.69) is 0 Å². The Labute approximate surface area is 106 Å². The standard InChI is InChI=1S/C13H18N2O3/c1-9(14)3-6-13(16)15(2)10-4-5-11-12(7-10)18-8-17-11/h4-5,7,9H,3,6,8,14H2,1-2H3. The van der Waals surface area contributed by atoms with Crippen molar-refractivity contribution in [1.82, 2.24) is 0 Å². The first-order chi connectivity index (χ1) is 8.58. The van der Waals surface area contributed by atoms with Crippen LogP contribution in [0, 0.1) is 0 Å². The summed E-state index contributed by atoms with van der Waals surface area (Å²) in [7, 11) is 1.75. The zero-order valence-electron chi connectivity index (χ0n) is 10.7. The molecule has 1 atom stereocenters. The van der Waals surface area contributed by atoms with Gasteiger partial charge in [-0.1, -0.05) is 0 Å². The summed E-state index contributed by atoms with van der Waals surface area (Å²) in [6, 6.07) is 5.51. The highest BCUT2D eigenvalue weighted by atomic mass is 16.7. The van der Waals surface area contributed by atoms with E-state index in [0.29, 0.717) is 18.6 Å². The molecule has 1 aliphatic heterocycles. The molecule has 0 spiro atoms. The number of hydrogen-bond donors (Lipinski definition) is 1. The maximum Gasteiger partial charge on any atom is 0.231 e. The van der Waals surface area contributed by atoms with Crippen LogP contribution in [0.5, 0.6) is 11.5 Å². The number of benzene rings is 1. The number of amides is 1. The number of hydrogen-bond acceptors (Lipinski definition) is 4. The Kier molecular flexibility index (Phi) is 3.72. The molecule has 1 amide bonds. The van der Waals surface area contributed by atoms with Gasteiger partial charge < -0.3 is 20.1 Å². The Hall–Kier alpha value is -1.75. The van der Waals surface area contributed by atoms with Gasteiger partial charge in [0.05, 0.1) is 0 Å². The molecule has 98 valence electrons. The lowest BCUT2D eigenvalue weighted by molar-refractivity contribution is -0.118. The van der Waals surface area contributed by atoms with Crippen LogP contribution >= 0.6 is 0 Å². The first-order valence-electron chi connectivity index (χ1n) is 5.99. The van der Waals surface area contributed by atoms with Crippen LogP contribution in [0.1, 0.15) is 19.8 Å². The van der Waals surface area contributed by atoms with E-state index in [9.17, 15) is 4.79 Å². The van der Waals surface area contributed by atoms with Gasteiger partial charge in [-0.25, -0.2) is 0 Å². The van der Waals surface area contributed by atoms with Gasteiger partial charge in [0, 0.05) is 31.3 Å². The average Bonchev–Trinajstić information content (AvgIpc) is 2.81. The van der Waals surface area contributed by atoms with Crippen LogP contribution in [0.2, 0.25) is 0 Å². The van der Waals surface area contributed by atoms with Gasteiger partial charge in [0.1, 0.15) is 0 Å². The summed E-state index contributed by atoms with van der Waals surface area (Å²) < 4.78 is 10.5. The van der Waals surface area contributed by atoms with Crippen LogP contribution in [0.3, 0.4) is 0 Å². The fourth-order valence-corrected chi connectivity index (χ4v) is 1.76. The van der Waals surface area contributed by atoms with Gasteiger partial charge in [0.25, 0.3) is 0 Å². The number of anilines is 1. The number of carbonyl (C=O) groups is 1. The van der Waals surface area contributed by atoms with Crippen molar-refractivity contribution in [3.05, 3.63) is 18.2 Å². The zero-order valence-corrected chi connectivity index (χ0v) is 10.7. The van der Waals surface area contributed by atoms with E-state index >= 15 is 0 Å². The molecule has 1 aromatic rings. The summed E-state index contributed by atoms with van der Waals surface area (Å²) in [5, 5.41) is 0. The van der Waals surface area contributed by atoms with Crippen molar-refractivity contribution in [3.63, 3.8) is 0 Å². The molecule has 5 nitrogen and oxygen atoms in total. The van der Waals surface area contributed by atoms with Crippen molar-refractivity contribution in [2.45, 2.75) is 25.8 Å². The molecule has 2 N–H and O–H groups in total. The predicted molar refractivity (Wildman–Crippen MR) is 68.9 cm³/mol. The summed E-state index contributed by atoms with van der Waals surface area (Å²) in [5.41, 5.74) is 6.45. The van der Waals surface area contributed by atoms with Gasteiger partial charge in [0.2, 0.25) is 12.7 Å². The highest BCUT2D eigenvalue weighted by molar-refractivity contribution is 5.93. The molecule has 0 fully saturated rings. The van der Waals surface area contributed by atoms with E-state index in [0.717, 1.165) is 11.4 Å². The summed E-state index contributed by atoms with van der Waals surface area (Å²) in [5.74, 6) is 1.45. The molecule has 0 radical (unpaired) electrons. The van der Waals surface area contributed by atoms with Crippen LogP contribution < -0.4 is 20.1 Å². The second-order valence-corrected chi connectivity index (χ2v) is 4.51. The Morgan fingerprint density at radius 3 is 2.89 bits per heavy atom. The summed E-state index contributed by atoms with van der Waals surface area (Å²) in [6.45, 7) is 2.13. The predicted octanol–water partition coefficient (Wildman–Crippen LogP) is 1.51. The van der Waals surface area contributed by atoms with Gasteiger partial charge in [-0.05, 0) is 25.5 Å². The average molecular weight is 250 g/mol. The molecule has 2 rings (SSSR count). The highest BCUT2D eigenvalue weighted by Crippen LogP contribution is 2.35. The smallest absolute Gasteiger partial charge is 0.231 e. The fourth-order valence-electron chi connectivity index (χ4n) is 1.76. The summed E-state index contributed by atoms with van der Waals surface area (Å²) >= 11 is 0. The first-order valence-corrected chi connectivity index (χ1v) is 5.99. The summed E-state index contributed by atoms with van der Waals surface area (Å²) in [6.07, 6.45) is 1.14. The molecule has 1 aliphatic rings. The van der Waals surface area contributed by atoms with E-state index in [-0.39, 0.29) is 18.7 Å². The van der Waals surface area contributed by atoms with E-state index in [1.165, 1.54) is 0 Å². The second kappa shape index (κ2) is 5.27. The third-order valence-corrected chi connectivity index (χ3v) is 2.93. The highest BCUT2D eigenvalue weighted by Gasteiger charge is 2.17. The van der Waals surface area contributed by atoms with Crippen LogP contribution in [0.15, 0.2) is 18.2 Å². The molecule has 1 heterocycles. The molecule has 18 heavy (non-hydrogen) atoms. The SMILES string of the molecule is CC(N)CCC(=O)N(C)c1ccc2c(c1)OCO2. The molecule has 0 saturated heterocycles. The Morgan fingerprint density at radius 2 is 2.17 bits per heavy atom. The summed E-state index contributed by atoms with van der Waals surface area (Å²) in [4.78, 5) is 13.6. The van der Waals surface area contributed by atoms with Crippen LogP contribution in [-0.4, -0.2) is 25.8 Å². The van der Waals surface area contributed by atoms with E-state index < -0.39 is 0 Å². The van der Waals surface area contributed by atoms with Crippen molar-refractivity contribution in [1.29, 1.82) is 0 Å². The van der Waals surface area contributed by atoms with Gasteiger partial charge in [-0.3, -0.25) is 4.79 Å². The quantitative estimate of drug-likeness (QED) is 0.879. The maximum absolute atomic E-state index is 11.9. The van der Waals surface area contributed by atoms with Crippen molar-refractivity contribution < 1.29 is 14.3 Å². The van der Waals surface area contributed by atoms with Gasteiger partial charge in [0.15, 0.2) is 11.5 Å². The zero-order chi connectivity index (χ0) is 13.1. The van der Waals surface area contributed by atoms with E-state index in [4.69, 9.17) is 15.2 Å². The number of ether oxygens (including phenoxy) is 2. The fraction of sp³-hybridized carbons (Fsp3) is 0.462. The minimum absolute atomic E-state index is 0.0408. The van der Waals surface area contributed by atoms with Crippen molar-refractivity contribution in [2.75, 3.05) is 18.7 Å². The van der Waals surface area contributed by atoms with Crippen LogP contribution in [-0.2, 0) is 4.79 Å². The lowest BCUT2D eigenvalue weighted by Crippen LogP contribution is -2.28. The molecular weight excluding hydrogens is 232 g/mol.